The molecule has 2 aliphatic rings. The van der Waals surface area contributed by atoms with Gasteiger partial charge in [-0.3, -0.25) is 5.32 Å². The first kappa shape index (κ1) is 15.1. The van der Waals surface area contributed by atoms with E-state index in [0.29, 0.717) is 6.04 Å². The van der Waals surface area contributed by atoms with E-state index in [0.717, 1.165) is 17.5 Å². The van der Waals surface area contributed by atoms with E-state index in [1.54, 1.807) is 0 Å². The van der Waals surface area contributed by atoms with Crippen molar-refractivity contribution in [2.75, 3.05) is 18.9 Å². The van der Waals surface area contributed by atoms with Crippen molar-refractivity contribution in [2.45, 2.75) is 50.7 Å². The monoisotopic (exact) mass is 307 g/mol. The molecule has 0 spiro atoms. The summed E-state index contributed by atoms with van der Waals surface area (Å²) in [5.41, 5.74) is 2.56. The number of benzene rings is 1. The number of hydrogen-bond donors (Lipinski definition) is 3. The number of rotatable bonds is 2. The van der Waals surface area contributed by atoms with E-state index in [1.165, 1.54) is 49.8 Å². The lowest BCUT2D eigenvalue weighted by atomic mass is 9.86. The summed E-state index contributed by atoms with van der Waals surface area (Å²) in [6.45, 7) is 0.934. The summed E-state index contributed by atoms with van der Waals surface area (Å²) in [6, 6.07) is 6.67. The van der Waals surface area contributed by atoms with Crippen LogP contribution < -0.4 is 16.0 Å². The molecule has 2 atom stereocenters. The van der Waals surface area contributed by atoms with Crippen molar-refractivity contribution < 1.29 is 0 Å². The second kappa shape index (κ2) is 6.99. The summed E-state index contributed by atoms with van der Waals surface area (Å²) in [7, 11) is 2.00. The molecule has 0 aromatic heterocycles. The van der Waals surface area contributed by atoms with Gasteiger partial charge in [0.2, 0.25) is 0 Å². The largest absolute Gasteiger partial charge is 0.368 e. The molecule has 3 rings (SSSR count). The Hall–Kier alpha value is -0.770. The Morgan fingerprint density at radius 2 is 1.90 bits per heavy atom. The molecule has 116 valence electrons. The summed E-state index contributed by atoms with van der Waals surface area (Å²) >= 11 is 6.27. The van der Waals surface area contributed by atoms with Crippen LogP contribution in [-0.4, -0.2) is 19.8 Å². The Morgan fingerprint density at radius 1 is 1.14 bits per heavy atom. The van der Waals surface area contributed by atoms with E-state index in [9.17, 15) is 0 Å². The minimum Gasteiger partial charge on any atom is -0.368 e. The van der Waals surface area contributed by atoms with E-state index < -0.39 is 0 Å². The molecule has 0 bridgehead atoms. The van der Waals surface area contributed by atoms with Gasteiger partial charge in [0.1, 0.15) is 0 Å². The third-order valence-corrected chi connectivity index (χ3v) is 5.18. The molecule has 0 radical (unpaired) electrons. The van der Waals surface area contributed by atoms with Crippen LogP contribution in [0.1, 0.15) is 50.1 Å². The highest BCUT2D eigenvalue weighted by Gasteiger charge is 2.29. The second-order valence-corrected chi connectivity index (χ2v) is 6.79. The van der Waals surface area contributed by atoms with Crippen LogP contribution in [0.15, 0.2) is 18.2 Å². The van der Waals surface area contributed by atoms with E-state index >= 15 is 0 Å². The van der Waals surface area contributed by atoms with Crippen molar-refractivity contribution in [1.82, 2.24) is 10.6 Å². The van der Waals surface area contributed by atoms with Crippen LogP contribution in [0.25, 0.3) is 0 Å². The average Bonchev–Trinajstić information content (AvgIpc) is 2.85. The number of anilines is 1. The zero-order valence-corrected chi connectivity index (χ0v) is 13.5. The smallest absolute Gasteiger partial charge is 0.0893 e. The lowest BCUT2D eigenvalue weighted by Gasteiger charge is -2.27. The zero-order valence-electron chi connectivity index (χ0n) is 12.8. The molecule has 1 heterocycles. The molecule has 3 N–H and O–H groups in total. The van der Waals surface area contributed by atoms with Crippen molar-refractivity contribution in [3.63, 3.8) is 0 Å². The molecule has 1 aliphatic carbocycles. The van der Waals surface area contributed by atoms with Crippen molar-refractivity contribution in [3.05, 3.63) is 28.8 Å². The molecule has 4 heteroatoms. The van der Waals surface area contributed by atoms with Gasteiger partial charge in [-0.2, -0.15) is 0 Å². The standard InChI is InChI=1S/C17H26ClN3/c1-19-16-11-20-17(12-6-4-2-3-5-7-12)14-10-13(18)8-9-15(14)21-16/h8-10,12,16-17,19-21H,2-7,11H2,1H3. The lowest BCUT2D eigenvalue weighted by molar-refractivity contribution is 0.323. The first-order valence-electron chi connectivity index (χ1n) is 8.24. The van der Waals surface area contributed by atoms with Crippen molar-refractivity contribution in [2.24, 2.45) is 5.92 Å². The maximum atomic E-state index is 6.27. The summed E-state index contributed by atoms with van der Waals surface area (Å²) in [4.78, 5) is 0. The van der Waals surface area contributed by atoms with E-state index in [1.807, 2.05) is 13.1 Å². The molecule has 1 aliphatic heterocycles. The van der Waals surface area contributed by atoms with Gasteiger partial charge in [0.25, 0.3) is 0 Å². The Kier molecular flexibility index (Phi) is 5.04. The zero-order chi connectivity index (χ0) is 14.7. The molecular formula is C17H26ClN3. The van der Waals surface area contributed by atoms with Gasteiger partial charge in [0, 0.05) is 23.3 Å². The normalized spacial score (nSPS) is 27.3. The van der Waals surface area contributed by atoms with Crippen molar-refractivity contribution in [1.29, 1.82) is 0 Å². The number of hydrogen-bond acceptors (Lipinski definition) is 3. The van der Waals surface area contributed by atoms with E-state index in [-0.39, 0.29) is 6.17 Å². The van der Waals surface area contributed by atoms with Crippen molar-refractivity contribution >= 4 is 17.3 Å². The van der Waals surface area contributed by atoms with Gasteiger partial charge in [-0.15, -0.1) is 0 Å². The summed E-state index contributed by atoms with van der Waals surface area (Å²) in [6.07, 6.45) is 8.43. The van der Waals surface area contributed by atoms with Crippen LogP contribution in [0, 0.1) is 5.92 Å². The highest BCUT2D eigenvalue weighted by Crippen LogP contribution is 2.38. The third-order valence-electron chi connectivity index (χ3n) is 4.94. The molecule has 2 unspecified atom stereocenters. The minimum absolute atomic E-state index is 0.265. The van der Waals surface area contributed by atoms with Crippen LogP contribution >= 0.6 is 11.6 Å². The van der Waals surface area contributed by atoms with Crippen LogP contribution in [0.3, 0.4) is 0 Å². The fraction of sp³-hybridized carbons (Fsp3) is 0.647. The average molecular weight is 308 g/mol. The number of fused-ring (bicyclic) bond motifs is 1. The molecule has 1 aromatic rings. The molecular weight excluding hydrogens is 282 g/mol. The SMILES string of the molecule is CNC1CNC(C2CCCCCC2)c2cc(Cl)ccc2N1. The molecule has 1 fully saturated rings. The van der Waals surface area contributed by atoms with Crippen LogP contribution in [-0.2, 0) is 0 Å². The van der Waals surface area contributed by atoms with Gasteiger partial charge in [0.05, 0.1) is 6.17 Å². The van der Waals surface area contributed by atoms with Gasteiger partial charge < -0.3 is 10.6 Å². The van der Waals surface area contributed by atoms with Gasteiger partial charge in [-0.25, -0.2) is 0 Å². The topological polar surface area (TPSA) is 36.1 Å². The van der Waals surface area contributed by atoms with Gasteiger partial charge in [-0.05, 0) is 49.6 Å². The predicted molar refractivity (Wildman–Crippen MR) is 89.9 cm³/mol. The summed E-state index contributed by atoms with van der Waals surface area (Å²) in [5, 5.41) is 11.5. The molecule has 0 saturated heterocycles. The maximum absolute atomic E-state index is 6.27. The molecule has 3 nitrogen and oxygen atoms in total. The van der Waals surface area contributed by atoms with Gasteiger partial charge >= 0.3 is 0 Å². The van der Waals surface area contributed by atoms with Gasteiger partial charge in [0.15, 0.2) is 0 Å². The highest BCUT2D eigenvalue weighted by atomic mass is 35.5. The fourth-order valence-corrected chi connectivity index (χ4v) is 3.94. The quantitative estimate of drug-likeness (QED) is 0.725. The second-order valence-electron chi connectivity index (χ2n) is 6.35. The third kappa shape index (κ3) is 3.53. The Labute approximate surface area is 132 Å². The first-order valence-corrected chi connectivity index (χ1v) is 8.62. The summed E-state index contributed by atoms with van der Waals surface area (Å²) in [5.74, 6) is 0.724. The Morgan fingerprint density at radius 3 is 2.62 bits per heavy atom. The molecule has 1 saturated carbocycles. The van der Waals surface area contributed by atoms with Crippen LogP contribution in [0.2, 0.25) is 5.02 Å². The highest BCUT2D eigenvalue weighted by molar-refractivity contribution is 6.30. The van der Waals surface area contributed by atoms with Crippen molar-refractivity contribution in [3.8, 4) is 0 Å². The minimum atomic E-state index is 0.265. The first-order chi connectivity index (χ1) is 10.3. The molecule has 21 heavy (non-hydrogen) atoms. The number of halogens is 1. The van der Waals surface area contributed by atoms with E-state index in [4.69, 9.17) is 11.6 Å². The molecule has 1 aromatic carbocycles. The fourth-order valence-electron chi connectivity index (χ4n) is 3.75. The van der Waals surface area contributed by atoms with Crippen LogP contribution in [0.5, 0.6) is 0 Å². The Bertz CT molecular complexity index is 469. The maximum Gasteiger partial charge on any atom is 0.0893 e. The number of likely N-dealkylation sites (N-methyl/N-ethyl adjacent to an activating group) is 1. The van der Waals surface area contributed by atoms with E-state index in [2.05, 4.69) is 28.1 Å². The molecule has 0 amide bonds. The predicted octanol–water partition coefficient (Wildman–Crippen LogP) is 3.91. The van der Waals surface area contributed by atoms with Crippen LogP contribution in [0.4, 0.5) is 5.69 Å². The Balaban J connectivity index is 1.90. The summed E-state index contributed by atoms with van der Waals surface area (Å²) < 4.78 is 0. The lowest BCUT2D eigenvalue weighted by Crippen LogP contribution is -2.42. The van der Waals surface area contributed by atoms with Gasteiger partial charge in [-0.1, -0.05) is 37.3 Å². The number of nitrogens with one attached hydrogen (secondary N) is 3.